The molecule has 20 heavy (non-hydrogen) atoms. The lowest BCUT2D eigenvalue weighted by Gasteiger charge is -2.24. The molecule has 0 spiro atoms. The lowest BCUT2D eigenvalue weighted by atomic mass is 10.1. The summed E-state index contributed by atoms with van der Waals surface area (Å²) in [6.07, 6.45) is 0. The molecule has 0 radical (unpaired) electrons. The molecular formula is C15H24N2O3. The summed E-state index contributed by atoms with van der Waals surface area (Å²) in [5.41, 5.74) is 0.502. The number of hydrogen-bond donors (Lipinski definition) is 2. The number of carbonyl (C=O) groups is 1. The summed E-state index contributed by atoms with van der Waals surface area (Å²) < 4.78 is 10.4. The molecule has 1 unspecified atom stereocenters. The van der Waals surface area contributed by atoms with E-state index in [0.29, 0.717) is 11.5 Å². The molecule has 0 bridgehead atoms. The van der Waals surface area contributed by atoms with Crippen molar-refractivity contribution in [2.45, 2.75) is 39.3 Å². The third-order valence-electron chi connectivity index (χ3n) is 2.67. The minimum absolute atomic E-state index is 0.0598. The molecule has 1 amide bonds. The van der Waals surface area contributed by atoms with Crippen molar-refractivity contribution in [2.75, 3.05) is 19.5 Å². The molecule has 5 heteroatoms. The van der Waals surface area contributed by atoms with Crippen molar-refractivity contribution in [1.29, 1.82) is 0 Å². The number of amides is 1. The molecule has 0 saturated carbocycles. The normalized spacial score (nSPS) is 12.5. The van der Waals surface area contributed by atoms with Crippen LogP contribution in [0.2, 0.25) is 0 Å². The first kappa shape index (κ1) is 16.1. The molecule has 0 fully saturated rings. The van der Waals surface area contributed by atoms with Crippen LogP contribution in [-0.4, -0.2) is 31.7 Å². The molecule has 0 aromatic heterocycles. The molecule has 5 nitrogen and oxygen atoms in total. The van der Waals surface area contributed by atoms with Crippen LogP contribution >= 0.6 is 0 Å². The van der Waals surface area contributed by atoms with Gasteiger partial charge in [-0.3, -0.25) is 4.79 Å². The molecule has 1 atom stereocenters. The summed E-state index contributed by atoms with van der Waals surface area (Å²) in [5, 5.41) is 6.07. The van der Waals surface area contributed by atoms with E-state index in [1.54, 1.807) is 20.3 Å². The number of benzene rings is 1. The second kappa shape index (κ2) is 6.50. The molecule has 0 aliphatic heterocycles. The van der Waals surface area contributed by atoms with Crippen molar-refractivity contribution in [1.82, 2.24) is 5.32 Å². The van der Waals surface area contributed by atoms with Crippen LogP contribution < -0.4 is 20.1 Å². The molecule has 112 valence electrons. The highest BCUT2D eigenvalue weighted by Crippen LogP contribution is 2.29. The summed E-state index contributed by atoms with van der Waals surface area (Å²) in [7, 11) is 3.18. The third-order valence-corrected chi connectivity index (χ3v) is 2.67. The molecule has 1 aromatic rings. The first-order valence-electron chi connectivity index (χ1n) is 6.57. The largest absolute Gasteiger partial charge is 0.497 e. The number of hydrogen-bond acceptors (Lipinski definition) is 4. The van der Waals surface area contributed by atoms with Crippen LogP contribution in [0.25, 0.3) is 0 Å². The maximum Gasteiger partial charge on any atom is 0.242 e. The van der Waals surface area contributed by atoms with Crippen LogP contribution in [0.5, 0.6) is 11.5 Å². The van der Waals surface area contributed by atoms with Crippen LogP contribution in [0.4, 0.5) is 5.69 Å². The van der Waals surface area contributed by atoms with Gasteiger partial charge in [0.2, 0.25) is 5.91 Å². The zero-order chi connectivity index (χ0) is 15.3. The van der Waals surface area contributed by atoms with Crippen LogP contribution in [0.15, 0.2) is 18.2 Å². The average Bonchev–Trinajstić information content (AvgIpc) is 2.37. The molecule has 0 saturated heterocycles. The standard InChI is InChI=1S/C15H24N2O3/c1-10(14(18)17-15(2,3)4)16-12-8-7-11(19-5)9-13(12)20-6/h7-10,16H,1-6H3,(H,17,18). The van der Waals surface area contributed by atoms with E-state index in [2.05, 4.69) is 10.6 Å². The second-order valence-electron chi connectivity index (χ2n) is 5.67. The summed E-state index contributed by atoms with van der Waals surface area (Å²) in [6, 6.07) is 5.06. The predicted octanol–water partition coefficient (Wildman–Crippen LogP) is 2.42. The SMILES string of the molecule is COc1ccc(NC(C)C(=O)NC(C)(C)C)c(OC)c1. The molecule has 0 heterocycles. The van der Waals surface area contributed by atoms with E-state index in [1.165, 1.54) is 0 Å². The monoisotopic (exact) mass is 280 g/mol. The Hall–Kier alpha value is -1.91. The van der Waals surface area contributed by atoms with Gasteiger partial charge in [-0.1, -0.05) is 0 Å². The number of carbonyl (C=O) groups excluding carboxylic acids is 1. The van der Waals surface area contributed by atoms with E-state index in [9.17, 15) is 4.79 Å². The first-order chi connectivity index (χ1) is 9.26. The first-order valence-corrected chi connectivity index (χ1v) is 6.57. The Morgan fingerprint density at radius 1 is 1.20 bits per heavy atom. The number of methoxy groups -OCH3 is 2. The molecular weight excluding hydrogens is 256 g/mol. The summed E-state index contributed by atoms with van der Waals surface area (Å²) >= 11 is 0. The minimum Gasteiger partial charge on any atom is -0.497 e. The lowest BCUT2D eigenvalue weighted by Crippen LogP contribution is -2.47. The lowest BCUT2D eigenvalue weighted by molar-refractivity contribution is -0.122. The third kappa shape index (κ3) is 4.64. The summed E-state index contributed by atoms with van der Waals surface area (Å²) in [4.78, 5) is 12.0. The Bertz CT molecular complexity index is 467. The second-order valence-corrected chi connectivity index (χ2v) is 5.67. The molecule has 2 N–H and O–H groups in total. The van der Waals surface area contributed by atoms with Crippen molar-refractivity contribution in [2.24, 2.45) is 0 Å². The van der Waals surface area contributed by atoms with Gasteiger partial charge in [-0.2, -0.15) is 0 Å². The minimum atomic E-state index is -0.364. The van der Waals surface area contributed by atoms with Gasteiger partial charge in [0.1, 0.15) is 17.5 Å². The van der Waals surface area contributed by atoms with E-state index in [-0.39, 0.29) is 17.5 Å². The van der Waals surface area contributed by atoms with Crippen LogP contribution in [0, 0.1) is 0 Å². The van der Waals surface area contributed by atoms with E-state index < -0.39 is 0 Å². The van der Waals surface area contributed by atoms with Gasteiger partial charge in [0.25, 0.3) is 0 Å². The fraction of sp³-hybridized carbons (Fsp3) is 0.533. The van der Waals surface area contributed by atoms with Gasteiger partial charge < -0.3 is 20.1 Å². The van der Waals surface area contributed by atoms with Gasteiger partial charge >= 0.3 is 0 Å². The highest BCUT2D eigenvalue weighted by atomic mass is 16.5. The van der Waals surface area contributed by atoms with Crippen molar-refractivity contribution in [3.63, 3.8) is 0 Å². The van der Waals surface area contributed by atoms with Crippen molar-refractivity contribution in [3.8, 4) is 11.5 Å². The fourth-order valence-electron chi connectivity index (χ4n) is 1.69. The molecule has 0 aliphatic rings. The van der Waals surface area contributed by atoms with E-state index in [0.717, 1.165) is 5.69 Å². The van der Waals surface area contributed by atoms with Gasteiger partial charge in [-0.15, -0.1) is 0 Å². The van der Waals surface area contributed by atoms with Crippen LogP contribution in [-0.2, 0) is 4.79 Å². The Morgan fingerprint density at radius 2 is 1.85 bits per heavy atom. The van der Waals surface area contributed by atoms with E-state index in [1.807, 2.05) is 39.8 Å². The number of ether oxygens (including phenoxy) is 2. The highest BCUT2D eigenvalue weighted by molar-refractivity contribution is 5.85. The van der Waals surface area contributed by atoms with Crippen molar-refractivity contribution >= 4 is 11.6 Å². The maximum atomic E-state index is 12.0. The smallest absolute Gasteiger partial charge is 0.242 e. The molecule has 0 aliphatic carbocycles. The van der Waals surface area contributed by atoms with Crippen molar-refractivity contribution < 1.29 is 14.3 Å². The topological polar surface area (TPSA) is 59.6 Å². The Labute approximate surface area is 120 Å². The van der Waals surface area contributed by atoms with E-state index in [4.69, 9.17) is 9.47 Å². The fourth-order valence-corrected chi connectivity index (χ4v) is 1.69. The maximum absolute atomic E-state index is 12.0. The van der Waals surface area contributed by atoms with Gasteiger partial charge in [-0.05, 0) is 39.8 Å². The Balaban J connectivity index is 2.80. The number of rotatable bonds is 5. The van der Waals surface area contributed by atoms with Gasteiger partial charge in [0.05, 0.1) is 19.9 Å². The van der Waals surface area contributed by atoms with Crippen LogP contribution in [0.3, 0.4) is 0 Å². The van der Waals surface area contributed by atoms with Crippen molar-refractivity contribution in [3.05, 3.63) is 18.2 Å². The Morgan fingerprint density at radius 3 is 2.35 bits per heavy atom. The van der Waals surface area contributed by atoms with Gasteiger partial charge in [0, 0.05) is 11.6 Å². The number of nitrogens with one attached hydrogen (secondary N) is 2. The molecule has 1 rings (SSSR count). The predicted molar refractivity (Wildman–Crippen MR) is 80.5 cm³/mol. The summed E-state index contributed by atoms with van der Waals surface area (Å²) in [5.74, 6) is 1.29. The highest BCUT2D eigenvalue weighted by Gasteiger charge is 2.20. The quantitative estimate of drug-likeness (QED) is 0.869. The summed E-state index contributed by atoms with van der Waals surface area (Å²) in [6.45, 7) is 7.66. The zero-order valence-corrected chi connectivity index (χ0v) is 13.0. The molecule has 1 aromatic carbocycles. The van der Waals surface area contributed by atoms with Gasteiger partial charge in [-0.25, -0.2) is 0 Å². The Kier molecular flexibility index (Phi) is 5.25. The average molecular weight is 280 g/mol. The van der Waals surface area contributed by atoms with Gasteiger partial charge in [0.15, 0.2) is 0 Å². The van der Waals surface area contributed by atoms with Crippen LogP contribution in [0.1, 0.15) is 27.7 Å². The zero-order valence-electron chi connectivity index (χ0n) is 13.0. The number of anilines is 1. The van der Waals surface area contributed by atoms with E-state index >= 15 is 0 Å².